The summed E-state index contributed by atoms with van der Waals surface area (Å²) in [5, 5.41) is 2.91. The minimum absolute atomic E-state index is 0.134. The second-order valence-corrected chi connectivity index (χ2v) is 5.96. The number of nitrogens with zero attached hydrogens (tertiary/aromatic N) is 3. The Kier molecular flexibility index (Phi) is 4.98. The number of halogens is 2. The van der Waals surface area contributed by atoms with Crippen LogP contribution in [0.2, 0.25) is 0 Å². The smallest absolute Gasteiger partial charge is 0.168 e. The summed E-state index contributed by atoms with van der Waals surface area (Å²) >= 11 is 0. The Hall–Kier alpha value is -1.43. The molecule has 2 atom stereocenters. The van der Waals surface area contributed by atoms with Crippen LogP contribution in [-0.4, -0.2) is 49.7 Å². The fourth-order valence-corrected chi connectivity index (χ4v) is 2.84. The highest BCUT2D eigenvalue weighted by Gasteiger charge is 2.33. The van der Waals surface area contributed by atoms with Gasteiger partial charge in [-0.2, -0.15) is 0 Å². The molecule has 4 nitrogen and oxygen atoms in total. The average molecular weight is 298 g/mol. The molecule has 0 saturated carbocycles. The van der Waals surface area contributed by atoms with Crippen molar-refractivity contribution in [3.05, 3.63) is 17.7 Å². The van der Waals surface area contributed by atoms with Crippen molar-refractivity contribution in [2.24, 2.45) is 5.92 Å². The van der Waals surface area contributed by atoms with E-state index in [0.717, 1.165) is 19.0 Å². The molecule has 0 amide bonds. The Balaban J connectivity index is 2.23. The second-order valence-electron chi connectivity index (χ2n) is 5.96. The molecule has 21 heavy (non-hydrogen) atoms. The number of anilines is 2. The third kappa shape index (κ3) is 3.43. The predicted molar refractivity (Wildman–Crippen MR) is 81.8 cm³/mol. The van der Waals surface area contributed by atoms with Gasteiger partial charge in [0.25, 0.3) is 0 Å². The second kappa shape index (κ2) is 6.56. The predicted octanol–water partition coefficient (Wildman–Crippen LogP) is 2.57. The minimum atomic E-state index is -0.638. The normalized spacial score (nSPS) is 22.1. The fourth-order valence-electron chi connectivity index (χ4n) is 2.84. The van der Waals surface area contributed by atoms with Crippen LogP contribution in [0.15, 0.2) is 6.07 Å². The molecule has 2 unspecified atom stereocenters. The zero-order valence-electron chi connectivity index (χ0n) is 13.2. The lowest BCUT2D eigenvalue weighted by Gasteiger charge is -2.23. The number of hydrogen-bond acceptors (Lipinski definition) is 4. The lowest BCUT2D eigenvalue weighted by Crippen LogP contribution is -2.34. The first-order valence-electron chi connectivity index (χ1n) is 7.45. The largest absolute Gasteiger partial charge is 0.368 e. The molecular formula is C15H24F2N4. The number of hydrogen-bond donors (Lipinski definition) is 1. The zero-order valence-corrected chi connectivity index (χ0v) is 13.2. The Bertz CT molecular complexity index is 493. The molecule has 0 aliphatic carbocycles. The summed E-state index contributed by atoms with van der Waals surface area (Å²) in [4.78, 5) is 8.21. The van der Waals surface area contributed by atoms with Crippen molar-refractivity contribution in [1.29, 1.82) is 0 Å². The van der Waals surface area contributed by atoms with E-state index in [2.05, 4.69) is 22.1 Å². The van der Waals surface area contributed by atoms with Crippen LogP contribution >= 0.6 is 0 Å². The molecule has 1 saturated heterocycles. The fraction of sp³-hybridized carbons (Fsp3) is 0.667. The summed E-state index contributed by atoms with van der Waals surface area (Å²) in [6.45, 7) is 6.18. The van der Waals surface area contributed by atoms with Gasteiger partial charge in [0.2, 0.25) is 0 Å². The first kappa shape index (κ1) is 15.9. The topological polar surface area (TPSA) is 31.4 Å². The Morgan fingerprint density at radius 2 is 2.05 bits per heavy atom. The van der Waals surface area contributed by atoms with E-state index in [9.17, 15) is 8.78 Å². The van der Waals surface area contributed by atoms with Gasteiger partial charge in [0, 0.05) is 31.7 Å². The molecule has 6 heteroatoms. The SMILES string of the molecule is CCCNc1nc(N2CC(C)C(N(C)C)C2)c(F)cc1F. The molecule has 2 rings (SSSR count). The van der Waals surface area contributed by atoms with Gasteiger partial charge < -0.3 is 15.1 Å². The number of rotatable bonds is 5. The molecule has 0 aromatic carbocycles. The van der Waals surface area contributed by atoms with Crippen molar-refractivity contribution in [2.45, 2.75) is 26.3 Å². The van der Waals surface area contributed by atoms with Gasteiger partial charge in [-0.3, -0.25) is 0 Å². The molecule has 2 heterocycles. The van der Waals surface area contributed by atoms with Crippen LogP contribution in [0.5, 0.6) is 0 Å². The van der Waals surface area contributed by atoms with Gasteiger partial charge in [0.15, 0.2) is 23.3 Å². The van der Waals surface area contributed by atoms with Crippen molar-refractivity contribution < 1.29 is 8.78 Å². The molecule has 1 N–H and O–H groups in total. The minimum Gasteiger partial charge on any atom is -0.368 e. The number of nitrogens with one attached hydrogen (secondary N) is 1. The molecule has 0 spiro atoms. The maximum Gasteiger partial charge on any atom is 0.168 e. The van der Waals surface area contributed by atoms with Crippen molar-refractivity contribution in [1.82, 2.24) is 9.88 Å². The Morgan fingerprint density at radius 1 is 1.33 bits per heavy atom. The number of likely N-dealkylation sites (N-methyl/N-ethyl adjacent to an activating group) is 1. The van der Waals surface area contributed by atoms with Crippen molar-refractivity contribution >= 4 is 11.6 Å². The van der Waals surface area contributed by atoms with E-state index in [1.54, 1.807) is 0 Å². The van der Waals surface area contributed by atoms with E-state index in [-0.39, 0.29) is 11.6 Å². The maximum absolute atomic E-state index is 14.1. The summed E-state index contributed by atoms with van der Waals surface area (Å²) in [7, 11) is 4.04. The Morgan fingerprint density at radius 3 is 2.62 bits per heavy atom. The highest BCUT2D eigenvalue weighted by molar-refractivity contribution is 5.50. The third-order valence-electron chi connectivity index (χ3n) is 3.99. The standard InChI is InChI=1S/C15H24F2N4/c1-5-6-18-14-11(16)7-12(17)15(19-14)21-8-10(2)13(9-21)20(3)4/h7,10,13H,5-6,8-9H2,1-4H3,(H,18,19). The first-order valence-corrected chi connectivity index (χ1v) is 7.45. The van der Waals surface area contributed by atoms with Crippen LogP contribution in [0.1, 0.15) is 20.3 Å². The monoisotopic (exact) mass is 298 g/mol. The molecule has 0 bridgehead atoms. The van der Waals surface area contributed by atoms with Gasteiger partial charge in [0.05, 0.1) is 0 Å². The van der Waals surface area contributed by atoms with Gasteiger partial charge in [-0.25, -0.2) is 13.8 Å². The highest BCUT2D eigenvalue weighted by atomic mass is 19.1. The van der Waals surface area contributed by atoms with Gasteiger partial charge in [-0.05, 0) is 26.4 Å². The number of aromatic nitrogens is 1. The van der Waals surface area contributed by atoms with E-state index in [1.165, 1.54) is 0 Å². The molecule has 1 aliphatic rings. The molecule has 1 aromatic rings. The summed E-state index contributed by atoms with van der Waals surface area (Å²) in [6, 6.07) is 1.27. The van der Waals surface area contributed by atoms with Crippen LogP contribution in [-0.2, 0) is 0 Å². The molecule has 1 fully saturated rings. The summed E-state index contributed by atoms with van der Waals surface area (Å²) in [5.41, 5.74) is 0. The number of pyridine rings is 1. The molecular weight excluding hydrogens is 274 g/mol. The van der Waals surface area contributed by atoms with Crippen LogP contribution in [0.25, 0.3) is 0 Å². The van der Waals surface area contributed by atoms with Crippen LogP contribution in [0, 0.1) is 17.6 Å². The van der Waals surface area contributed by atoms with Crippen LogP contribution in [0.3, 0.4) is 0 Å². The third-order valence-corrected chi connectivity index (χ3v) is 3.99. The molecule has 1 aromatic heterocycles. The van der Waals surface area contributed by atoms with Crippen LogP contribution < -0.4 is 10.2 Å². The van der Waals surface area contributed by atoms with Gasteiger partial charge in [-0.1, -0.05) is 13.8 Å². The van der Waals surface area contributed by atoms with Crippen molar-refractivity contribution in [3.63, 3.8) is 0 Å². The van der Waals surface area contributed by atoms with Crippen molar-refractivity contribution in [3.8, 4) is 0 Å². The van der Waals surface area contributed by atoms with E-state index in [1.807, 2.05) is 25.9 Å². The summed E-state index contributed by atoms with van der Waals surface area (Å²) < 4.78 is 27.8. The van der Waals surface area contributed by atoms with E-state index in [4.69, 9.17) is 0 Å². The lowest BCUT2D eigenvalue weighted by molar-refractivity contribution is 0.266. The highest BCUT2D eigenvalue weighted by Crippen LogP contribution is 2.28. The summed E-state index contributed by atoms with van der Waals surface area (Å²) in [5.74, 6) is -0.444. The first-order chi connectivity index (χ1) is 9.93. The van der Waals surface area contributed by atoms with Gasteiger partial charge in [0.1, 0.15) is 0 Å². The molecule has 118 valence electrons. The quantitative estimate of drug-likeness (QED) is 0.905. The van der Waals surface area contributed by atoms with E-state index in [0.29, 0.717) is 25.0 Å². The average Bonchev–Trinajstić information content (AvgIpc) is 2.80. The van der Waals surface area contributed by atoms with Crippen LogP contribution in [0.4, 0.5) is 20.4 Å². The van der Waals surface area contributed by atoms with E-state index >= 15 is 0 Å². The maximum atomic E-state index is 14.1. The van der Waals surface area contributed by atoms with E-state index < -0.39 is 11.6 Å². The van der Waals surface area contributed by atoms with Gasteiger partial charge >= 0.3 is 0 Å². The summed E-state index contributed by atoms with van der Waals surface area (Å²) in [6.07, 6.45) is 0.858. The lowest BCUT2D eigenvalue weighted by atomic mass is 10.1. The van der Waals surface area contributed by atoms with Gasteiger partial charge in [-0.15, -0.1) is 0 Å². The molecule has 0 radical (unpaired) electrons. The molecule has 1 aliphatic heterocycles. The van der Waals surface area contributed by atoms with Crippen molar-refractivity contribution in [2.75, 3.05) is 43.9 Å². The zero-order chi connectivity index (χ0) is 15.6. The Labute approximate surface area is 125 Å².